The molecule has 0 aromatic rings. The molecule has 0 unspecified atom stereocenters. The number of carbonyl (C=O) groups excluding carboxylic acids is 2. The predicted octanol–water partition coefficient (Wildman–Crippen LogP) is 4.12. The maximum Gasteiger partial charge on any atom is 0.471 e. The molecule has 0 aliphatic carbocycles. The topological polar surface area (TPSA) is 75.6 Å². The number of esters is 1. The Labute approximate surface area is 180 Å². The van der Waals surface area contributed by atoms with Gasteiger partial charge in [-0.1, -0.05) is 85.9 Å². The van der Waals surface area contributed by atoms with Gasteiger partial charge in [0.25, 0.3) is 0 Å². The molecule has 0 aromatic heterocycles. The van der Waals surface area contributed by atoms with Crippen molar-refractivity contribution >= 4 is 11.9 Å². The van der Waals surface area contributed by atoms with Crippen LogP contribution in [-0.4, -0.2) is 42.9 Å². The van der Waals surface area contributed by atoms with Crippen LogP contribution in [0.3, 0.4) is 0 Å². The Hall–Kier alpha value is -3.13. The van der Waals surface area contributed by atoms with Gasteiger partial charge >= 0.3 is 18.1 Å². The Morgan fingerprint density at radius 2 is 1.48 bits per heavy atom. The van der Waals surface area contributed by atoms with Gasteiger partial charge in [-0.15, -0.1) is 0 Å². The summed E-state index contributed by atoms with van der Waals surface area (Å²) in [5.74, 6) is -2.63. The van der Waals surface area contributed by atoms with Crippen LogP contribution in [-0.2, 0) is 14.3 Å². The SMILES string of the molecule is COC(=O)/C=C/C=C/C=C/C[C@H](O)/C=C/C=C\C=C\C=C\[C@@H](C)CNC(=O)C(F)(F)F. The Morgan fingerprint density at radius 3 is 2.10 bits per heavy atom. The van der Waals surface area contributed by atoms with E-state index in [0.717, 1.165) is 0 Å². The Balaban J connectivity index is 4.10. The van der Waals surface area contributed by atoms with Crippen LogP contribution in [0, 0.1) is 5.92 Å². The quantitative estimate of drug-likeness (QED) is 0.273. The summed E-state index contributed by atoms with van der Waals surface area (Å²) >= 11 is 0. The lowest BCUT2D eigenvalue weighted by Crippen LogP contribution is -2.38. The highest BCUT2D eigenvalue weighted by atomic mass is 19.4. The van der Waals surface area contributed by atoms with Crippen LogP contribution in [0.5, 0.6) is 0 Å². The molecule has 1 amide bonds. The van der Waals surface area contributed by atoms with E-state index in [4.69, 9.17) is 0 Å². The van der Waals surface area contributed by atoms with Crippen molar-refractivity contribution in [2.45, 2.75) is 25.6 Å². The Kier molecular flexibility index (Phi) is 15.0. The number of methoxy groups -OCH3 is 1. The normalized spacial score (nSPS) is 15.4. The summed E-state index contributed by atoms with van der Waals surface area (Å²) in [7, 11) is 1.30. The van der Waals surface area contributed by atoms with E-state index in [0.29, 0.717) is 6.42 Å². The largest absolute Gasteiger partial charge is 0.471 e. The third kappa shape index (κ3) is 17.4. The van der Waals surface area contributed by atoms with E-state index < -0.39 is 24.2 Å². The number of hydrogen-bond donors (Lipinski definition) is 2. The highest BCUT2D eigenvalue weighted by molar-refractivity contribution is 5.82. The minimum absolute atomic E-state index is 0.104. The molecular formula is C23H28F3NO4. The summed E-state index contributed by atoms with van der Waals surface area (Å²) in [5.41, 5.74) is 0. The first-order chi connectivity index (χ1) is 14.7. The van der Waals surface area contributed by atoms with Crippen molar-refractivity contribution in [1.82, 2.24) is 5.32 Å². The molecule has 0 aliphatic rings. The number of halogens is 3. The number of ether oxygens (including phenoxy) is 1. The molecule has 0 spiro atoms. The first-order valence-electron chi connectivity index (χ1n) is 9.46. The number of nitrogens with one attached hydrogen (secondary N) is 1. The van der Waals surface area contributed by atoms with Gasteiger partial charge in [-0.2, -0.15) is 13.2 Å². The molecule has 8 heteroatoms. The summed E-state index contributed by atoms with van der Waals surface area (Å²) < 4.78 is 40.6. The zero-order valence-corrected chi connectivity index (χ0v) is 17.5. The standard InChI is InChI=1S/C23H28F3NO4/c1-19(18-27-22(30)23(24,25)26)14-10-6-3-4-7-11-15-20(28)16-12-8-5-9-13-17-21(29)31-2/h3-15,17,19-20,28H,16,18H2,1-2H3,(H,27,30)/b6-3+,7-4-,9-5+,12-8+,14-10+,15-11+,17-13+/t19-,20-/m1/s1. The summed E-state index contributed by atoms with van der Waals surface area (Å²) in [5, 5.41) is 11.6. The highest BCUT2D eigenvalue weighted by Gasteiger charge is 2.38. The number of aliphatic hydroxyl groups excluding tert-OH is 1. The second-order valence-electron chi connectivity index (χ2n) is 6.22. The maximum absolute atomic E-state index is 12.1. The van der Waals surface area contributed by atoms with E-state index in [-0.39, 0.29) is 12.5 Å². The van der Waals surface area contributed by atoms with Gasteiger partial charge in [0.05, 0.1) is 13.2 Å². The van der Waals surface area contributed by atoms with Crippen LogP contribution in [0.25, 0.3) is 0 Å². The lowest BCUT2D eigenvalue weighted by Gasteiger charge is -2.10. The zero-order chi connectivity index (χ0) is 23.5. The predicted molar refractivity (Wildman–Crippen MR) is 115 cm³/mol. The van der Waals surface area contributed by atoms with Crippen molar-refractivity contribution in [1.29, 1.82) is 0 Å². The Bertz CT molecular complexity index is 744. The van der Waals surface area contributed by atoms with Gasteiger partial charge in [0.2, 0.25) is 0 Å². The fraction of sp³-hybridized carbons (Fsp3) is 0.304. The average molecular weight is 439 g/mol. The van der Waals surface area contributed by atoms with Gasteiger partial charge in [0.1, 0.15) is 0 Å². The molecule has 0 fully saturated rings. The second-order valence-corrected chi connectivity index (χ2v) is 6.22. The third-order valence-corrected chi connectivity index (χ3v) is 3.45. The molecule has 0 aromatic carbocycles. The van der Waals surface area contributed by atoms with Crippen molar-refractivity contribution in [2.75, 3.05) is 13.7 Å². The van der Waals surface area contributed by atoms with Gasteiger partial charge in [-0.25, -0.2) is 4.79 Å². The summed E-state index contributed by atoms with van der Waals surface area (Å²) in [6.45, 7) is 1.58. The van der Waals surface area contributed by atoms with Crippen molar-refractivity contribution < 1.29 is 32.6 Å². The number of allylic oxidation sites excluding steroid dienone is 10. The van der Waals surface area contributed by atoms with E-state index in [9.17, 15) is 27.9 Å². The van der Waals surface area contributed by atoms with Crippen molar-refractivity contribution in [3.8, 4) is 0 Å². The lowest BCUT2D eigenvalue weighted by molar-refractivity contribution is -0.173. The fourth-order valence-electron chi connectivity index (χ4n) is 1.83. The minimum atomic E-state index is -4.87. The molecule has 0 saturated carbocycles. The van der Waals surface area contributed by atoms with Crippen LogP contribution in [0.1, 0.15) is 13.3 Å². The van der Waals surface area contributed by atoms with E-state index in [2.05, 4.69) is 4.74 Å². The fourth-order valence-corrected chi connectivity index (χ4v) is 1.83. The molecule has 0 rings (SSSR count). The molecule has 0 aliphatic heterocycles. The van der Waals surface area contributed by atoms with Gasteiger partial charge in [-0.05, 0) is 12.3 Å². The highest BCUT2D eigenvalue weighted by Crippen LogP contribution is 2.14. The molecule has 2 atom stereocenters. The molecule has 5 nitrogen and oxygen atoms in total. The molecule has 0 bridgehead atoms. The third-order valence-electron chi connectivity index (χ3n) is 3.45. The van der Waals surface area contributed by atoms with Gasteiger partial charge < -0.3 is 15.2 Å². The average Bonchev–Trinajstić information content (AvgIpc) is 2.72. The van der Waals surface area contributed by atoms with E-state index in [1.807, 2.05) is 5.32 Å². The van der Waals surface area contributed by atoms with E-state index in [1.54, 1.807) is 85.9 Å². The van der Waals surface area contributed by atoms with Crippen molar-refractivity contribution in [2.24, 2.45) is 5.92 Å². The molecule has 0 radical (unpaired) electrons. The molecule has 0 saturated heterocycles. The number of hydrogen-bond acceptors (Lipinski definition) is 4. The maximum atomic E-state index is 12.1. The first-order valence-corrected chi connectivity index (χ1v) is 9.46. The van der Waals surface area contributed by atoms with Gasteiger partial charge in [0, 0.05) is 12.6 Å². The van der Waals surface area contributed by atoms with Gasteiger partial charge in [-0.3, -0.25) is 4.79 Å². The smallest absolute Gasteiger partial charge is 0.466 e. The molecule has 2 N–H and O–H groups in total. The second kappa shape index (κ2) is 16.6. The van der Waals surface area contributed by atoms with Crippen LogP contribution >= 0.6 is 0 Å². The number of carbonyl (C=O) groups is 2. The van der Waals surface area contributed by atoms with Crippen molar-refractivity contribution in [3.05, 3.63) is 85.1 Å². The number of amides is 1. The summed E-state index contributed by atoms with van der Waals surface area (Å²) in [6, 6.07) is 0. The summed E-state index contributed by atoms with van der Waals surface area (Å²) in [6.07, 6.45) is 18.2. The van der Waals surface area contributed by atoms with Crippen LogP contribution < -0.4 is 5.32 Å². The van der Waals surface area contributed by atoms with Crippen LogP contribution in [0.15, 0.2) is 85.1 Å². The monoisotopic (exact) mass is 439 g/mol. The molecule has 31 heavy (non-hydrogen) atoms. The molecular weight excluding hydrogens is 411 g/mol. The van der Waals surface area contributed by atoms with Crippen molar-refractivity contribution in [3.63, 3.8) is 0 Å². The van der Waals surface area contributed by atoms with Crippen LogP contribution in [0.2, 0.25) is 0 Å². The molecule has 170 valence electrons. The first kappa shape index (κ1) is 27.9. The number of alkyl halides is 3. The minimum Gasteiger partial charge on any atom is -0.466 e. The Morgan fingerprint density at radius 1 is 0.935 bits per heavy atom. The van der Waals surface area contributed by atoms with E-state index in [1.165, 1.54) is 13.2 Å². The van der Waals surface area contributed by atoms with Crippen LogP contribution in [0.4, 0.5) is 13.2 Å². The molecule has 0 heterocycles. The van der Waals surface area contributed by atoms with Gasteiger partial charge in [0.15, 0.2) is 0 Å². The zero-order valence-electron chi connectivity index (χ0n) is 17.5. The summed E-state index contributed by atoms with van der Waals surface area (Å²) in [4.78, 5) is 21.5. The van der Waals surface area contributed by atoms with E-state index >= 15 is 0 Å². The number of aliphatic hydroxyl groups is 1. The number of rotatable bonds is 12. The lowest BCUT2D eigenvalue weighted by atomic mass is 10.1.